The highest BCUT2D eigenvalue weighted by Gasteiger charge is 2.14. The number of amides is 1. The average Bonchev–Trinajstić information content (AvgIpc) is 2.05. The van der Waals surface area contributed by atoms with E-state index < -0.39 is 0 Å². The van der Waals surface area contributed by atoms with Crippen molar-refractivity contribution in [3.05, 3.63) is 0 Å². The first-order chi connectivity index (χ1) is 4.84. The Bertz CT molecular complexity index is 125. The van der Waals surface area contributed by atoms with Gasteiger partial charge in [-0.25, -0.2) is 0 Å². The average molecular weight is 224 g/mol. The molecular formula is C6H10BrNOS. The standard InChI is InChI=1S/C6H10BrNOS/c7-5-6(9)8-1-3-10-4-2-8/h1-5H2. The van der Waals surface area contributed by atoms with E-state index in [4.69, 9.17) is 0 Å². The van der Waals surface area contributed by atoms with Gasteiger partial charge < -0.3 is 4.90 Å². The molecule has 1 aliphatic heterocycles. The number of halogens is 1. The van der Waals surface area contributed by atoms with E-state index >= 15 is 0 Å². The normalized spacial score (nSPS) is 19.1. The summed E-state index contributed by atoms with van der Waals surface area (Å²) in [5.74, 6) is 2.41. The molecule has 0 spiro atoms. The second kappa shape index (κ2) is 4.23. The molecule has 1 heterocycles. The third-order valence-electron chi connectivity index (χ3n) is 1.48. The van der Waals surface area contributed by atoms with Crippen molar-refractivity contribution in [2.24, 2.45) is 0 Å². The first-order valence-corrected chi connectivity index (χ1v) is 5.53. The van der Waals surface area contributed by atoms with Gasteiger partial charge in [0.1, 0.15) is 0 Å². The van der Waals surface area contributed by atoms with Crippen molar-refractivity contribution in [1.82, 2.24) is 4.90 Å². The van der Waals surface area contributed by atoms with Gasteiger partial charge in [0.05, 0.1) is 5.33 Å². The van der Waals surface area contributed by atoms with E-state index in [0.717, 1.165) is 24.6 Å². The summed E-state index contributed by atoms with van der Waals surface area (Å²) in [6.45, 7) is 1.85. The van der Waals surface area contributed by atoms with E-state index in [0.29, 0.717) is 5.33 Å². The van der Waals surface area contributed by atoms with E-state index in [2.05, 4.69) is 15.9 Å². The van der Waals surface area contributed by atoms with Gasteiger partial charge in [0.25, 0.3) is 0 Å². The first-order valence-electron chi connectivity index (χ1n) is 3.26. The molecule has 1 rings (SSSR count). The zero-order valence-electron chi connectivity index (χ0n) is 5.68. The number of rotatable bonds is 1. The zero-order chi connectivity index (χ0) is 7.40. The summed E-state index contributed by atoms with van der Waals surface area (Å²) in [5.41, 5.74) is 0. The summed E-state index contributed by atoms with van der Waals surface area (Å²) in [7, 11) is 0. The van der Waals surface area contributed by atoms with Crippen LogP contribution in [0.2, 0.25) is 0 Å². The lowest BCUT2D eigenvalue weighted by Gasteiger charge is -2.25. The summed E-state index contributed by atoms with van der Waals surface area (Å²) in [6, 6.07) is 0. The monoisotopic (exact) mass is 223 g/mol. The molecule has 0 radical (unpaired) electrons. The van der Waals surface area contributed by atoms with E-state index in [9.17, 15) is 4.79 Å². The minimum atomic E-state index is 0.223. The number of hydrogen-bond acceptors (Lipinski definition) is 2. The summed E-state index contributed by atoms with van der Waals surface area (Å²) >= 11 is 5.07. The lowest BCUT2D eigenvalue weighted by Crippen LogP contribution is -2.38. The molecule has 0 aliphatic carbocycles. The molecule has 58 valence electrons. The fourth-order valence-corrected chi connectivity index (χ4v) is 2.16. The lowest BCUT2D eigenvalue weighted by atomic mass is 10.5. The van der Waals surface area contributed by atoms with Crippen LogP contribution in [0.4, 0.5) is 0 Å². The number of thioether (sulfide) groups is 1. The Morgan fingerprint density at radius 1 is 1.50 bits per heavy atom. The Kier molecular flexibility index (Phi) is 3.56. The van der Waals surface area contributed by atoms with Crippen LogP contribution >= 0.6 is 27.7 Å². The van der Waals surface area contributed by atoms with Crippen LogP contribution < -0.4 is 0 Å². The van der Waals surface area contributed by atoms with Gasteiger partial charge in [0.2, 0.25) is 5.91 Å². The maximum absolute atomic E-state index is 11.0. The molecule has 0 bridgehead atoms. The SMILES string of the molecule is O=C(CBr)N1CCSCC1. The summed E-state index contributed by atoms with van der Waals surface area (Å²) in [5, 5.41) is 0.470. The number of carbonyl (C=O) groups is 1. The van der Waals surface area contributed by atoms with Crippen molar-refractivity contribution in [2.75, 3.05) is 29.9 Å². The second-order valence-electron chi connectivity index (χ2n) is 2.13. The molecule has 0 N–H and O–H groups in total. The van der Waals surface area contributed by atoms with E-state index in [1.54, 1.807) is 0 Å². The van der Waals surface area contributed by atoms with Crippen LogP contribution in [0.5, 0.6) is 0 Å². The van der Waals surface area contributed by atoms with Crippen molar-refractivity contribution in [1.29, 1.82) is 0 Å². The second-order valence-corrected chi connectivity index (χ2v) is 3.91. The summed E-state index contributed by atoms with van der Waals surface area (Å²) < 4.78 is 0. The van der Waals surface area contributed by atoms with Crippen LogP contribution in [0.1, 0.15) is 0 Å². The van der Waals surface area contributed by atoms with Gasteiger partial charge >= 0.3 is 0 Å². The zero-order valence-corrected chi connectivity index (χ0v) is 8.08. The molecule has 0 aromatic heterocycles. The highest BCUT2D eigenvalue weighted by Crippen LogP contribution is 2.09. The van der Waals surface area contributed by atoms with Gasteiger partial charge in [-0.05, 0) is 0 Å². The molecule has 4 heteroatoms. The maximum atomic E-state index is 11.0. The highest BCUT2D eigenvalue weighted by atomic mass is 79.9. The van der Waals surface area contributed by atoms with Gasteiger partial charge in [-0.2, -0.15) is 11.8 Å². The predicted octanol–water partition coefficient (Wildman–Crippen LogP) is 0.957. The molecule has 2 nitrogen and oxygen atoms in total. The van der Waals surface area contributed by atoms with E-state index in [-0.39, 0.29) is 5.91 Å². The maximum Gasteiger partial charge on any atom is 0.233 e. The van der Waals surface area contributed by atoms with Gasteiger partial charge in [-0.1, -0.05) is 15.9 Å². The van der Waals surface area contributed by atoms with Crippen LogP contribution in [0.25, 0.3) is 0 Å². The molecule has 0 aromatic carbocycles. The molecule has 0 atom stereocenters. The molecule has 0 unspecified atom stereocenters. The van der Waals surface area contributed by atoms with Crippen LogP contribution in [-0.4, -0.2) is 40.7 Å². The third kappa shape index (κ3) is 2.16. The van der Waals surface area contributed by atoms with Crippen LogP contribution in [0.15, 0.2) is 0 Å². The summed E-state index contributed by atoms with van der Waals surface area (Å²) in [4.78, 5) is 12.9. The Labute approximate surface area is 73.5 Å². The van der Waals surface area contributed by atoms with Crippen molar-refractivity contribution >= 4 is 33.6 Å². The highest BCUT2D eigenvalue weighted by molar-refractivity contribution is 9.09. The van der Waals surface area contributed by atoms with Crippen LogP contribution in [0, 0.1) is 0 Å². The van der Waals surface area contributed by atoms with Crippen LogP contribution in [-0.2, 0) is 4.79 Å². The molecule has 0 saturated carbocycles. The minimum Gasteiger partial charge on any atom is -0.340 e. The molecule has 0 aromatic rings. The minimum absolute atomic E-state index is 0.223. The molecular weight excluding hydrogens is 214 g/mol. The lowest BCUT2D eigenvalue weighted by molar-refractivity contribution is -0.127. The van der Waals surface area contributed by atoms with Crippen molar-refractivity contribution < 1.29 is 4.79 Å². The smallest absolute Gasteiger partial charge is 0.233 e. The number of nitrogens with zero attached hydrogens (tertiary/aromatic N) is 1. The fraction of sp³-hybridized carbons (Fsp3) is 0.833. The number of hydrogen-bond donors (Lipinski definition) is 0. The summed E-state index contributed by atoms with van der Waals surface area (Å²) in [6.07, 6.45) is 0. The molecule has 10 heavy (non-hydrogen) atoms. The van der Waals surface area contributed by atoms with Gasteiger partial charge in [0, 0.05) is 24.6 Å². The third-order valence-corrected chi connectivity index (χ3v) is 2.90. The van der Waals surface area contributed by atoms with E-state index in [1.165, 1.54) is 0 Å². The van der Waals surface area contributed by atoms with Gasteiger partial charge in [-0.15, -0.1) is 0 Å². The first kappa shape index (κ1) is 8.40. The molecule has 1 saturated heterocycles. The van der Waals surface area contributed by atoms with Crippen molar-refractivity contribution in [3.63, 3.8) is 0 Å². The molecule has 1 fully saturated rings. The van der Waals surface area contributed by atoms with Crippen LogP contribution in [0.3, 0.4) is 0 Å². The van der Waals surface area contributed by atoms with Crippen molar-refractivity contribution in [3.8, 4) is 0 Å². The molecule has 1 aliphatic rings. The fourth-order valence-electron chi connectivity index (χ4n) is 0.897. The Morgan fingerprint density at radius 3 is 2.60 bits per heavy atom. The van der Waals surface area contributed by atoms with Gasteiger partial charge in [0.15, 0.2) is 0 Å². The Balaban J connectivity index is 2.31. The van der Waals surface area contributed by atoms with Gasteiger partial charge in [-0.3, -0.25) is 4.79 Å². The predicted molar refractivity (Wildman–Crippen MR) is 47.7 cm³/mol. The number of alkyl halides is 1. The van der Waals surface area contributed by atoms with Crippen molar-refractivity contribution in [2.45, 2.75) is 0 Å². The Morgan fingerprint density at radius 2 is 2.10 bits per heavy atom. The number of carbonyl (C=O) groups excluding carboxylic acids is 1. The Hall–Kier alpha value is 0.300. The quantitative estimate of drug-likeness (QED) is 0.618. The topological polar surface area (TPSA) is 20.3 Å². The van der Waals surface area contributed by atoms with E-state index in [1.807, 2.05) is 16.7 Å². The molecule has 1 amide bonds. The largest absolute Gasteiger partial charge is 0.340 e.